The Labute approximate surface area is 628 Å². The number of benzene rings is 6. The number of aliphatic carboxylic acids is 3. The van der Waals surface area contributed by atoms with Crippen LogP contribution >= 0.6 is 21.6 Å². The summed E-state index contributed by atoms with van der Waals surface area (Å²) < 4.78 is 22.5. The first-order chi connectivity index (χ1) is 51.9. The lowest BCUT2D eigenvalue weighted by atomic mass is 9.83. The number of hydrogen-bond donors (Lipinski definition) is 9. The second-order valence-corrected chi connectivity index (χ2v) is 29.1. The molecule has 0 saturated carbocycles. The fraction of sp³-hybridized carbons (Fsp3) is 0.370. The van der Waals surface area contributed by atoms with Crippen molar-refractivity contribution in [3.05, 3.63) is 203 Å². The SMILES string of the molecule is O=C(CCC(CCC(=O)NCCCCC(NC(=O)OCC1c2ccccc2-c2ccccc21)C(=O)O)(CCC(=O)OCCCCC(NC(=O)OCC1c2ccccc2-c2ccccc21)C(=O)O)NC(=O)CCSSc1ccccn1)NCCCCC(NC(=O)OCC1c2ccccc2-c2ccccc21)C(=O)O. The predicted octanol–water partition coefficient (Wildman–Crippen LogP) is 12.7. The zero-order valence-electron chi connectivity index (χ0n) is 59.2. The van der Waals surface area contributed by atoms with E-state index in [4.69, 9.17) is 18.9 Å². The molecule has 3 atom stereocenters. The Morgan fingerprint density at radius 3 is 1.10 bits per heavy atom. The second-order valence-electron chi connectivity index (χ2n) is 26.6. The van der Waals surface area contributed by atoms with E-state index in [1.54, 1.807) is 12.3 Å². The monoisotopic (exact) mass is 1500 g/mol. The van der Waals surface area contributed by atoms with Crippen molar-refractivity contribution in [1.82, 2.24) is 36.9 Å². The zero-order valence-corrected chi connectivity index (χ0v) is 60.8. The van der Waals surface area contributed by atoms with Crippen molar-refractivity contribution < 1.29 is 82.2 Å². The van der Waals surface area contributed by atoms with Crippen molar-refractivity contribution in [2.45, 2.75) is 149 Å². The fourth-order valence-electron chi connectivity index (χ4n) is 14.0. The zero-order chi connectivity index (χ0) is 75.5. The van der Waals surface area contributed by atoms with Crippen LogP contribution in [0.25, 0.3) is 33.4 Å². The van der Waals surface area contributed by atoms with Gasteiger partial charge < -0.3 is 66.2 Å². The molecule has 0 fully saturated rings. The number of rotatable bonds is 42. The van der Waals surface area contributed by atoms with Gasteiger partial charge in [0, 0.05) is 74.0 Å². The predicted molar refractivity (Wildman–Crippen MR) is 403 cm³/mol. The molecule has 0 aliphatic heterocycles. The van der Waals surface area contributed by atoms with E-state index < -0.39 is 83.5 Å². The number of fused-ring (bicyclic) bond motifs is 9. The molecular weight excluding hydrogens is 1410 g/mol. The molecule has 0 radical (unpaired) electrons. The van der Waals surface area contributed by atoms with Gasteiger partial charge >= 0.3 is 42.2 Å². The van der Waals surface area contributed by atoms with E-state index in [1.165, 1.54) is 21.6 Å². The van der Waals surface area contributed by atoms with Crippen molar-refractivity contribution in [2.24, 2.45) is 0 Å². The molecular formula is C81H89N7O17S2. The molecule has 1 aromatic heterocycles. The van der Waals surface area contributed by atoms with Gasteiger partial charge in [-0.15, -0.1) is 0 Å². The molecule has 9 N–H and O–H groups in total. The normalized spacial score (nSPS) is 13.8. The van der Waals surface area contributed by atoms with Crippen LogP contribution in [0.5, 0.6) is 0 Å². The number of carbonyl (C=O) groups excluding carboxylic acids is 7. The Hall–Kier alpha value is -10.7. The Morgan fingerprint density at radius 2 is 0.748 bits per heavy atom. The minimum absolute atomic E-state index is 0.00353. The van der Waals surface area contributed by atoms with Gasteiger partial charge in [-0.3, -0.25) is 19.2 Å². The number of nitrogens with one attached hydrogen (secondary N) is 6. The molecule has 0 bridgehead atoms. The molecule has 3 aliphatic carbocycles. The maximum atomic E-state index is 14.1. The average Bonchev–Trinajstić information content (AvgIpc) is 1.63. The molecule has 3 unspecified atom stereocenters. The summed E-state index contributed by atoms with van der Waals surface area (Å²) in [6.07, 6.45) is -0.152. The highest BCUT2D eigenvalue weighted by molar-refractivity contribution is 8.76. The number of amides is 6. The summed E-state index contributed by atoms with van der Waals surface area (Å²) in [4.78, 5) is 136. The molecule has 6 amide bonds. The van der Waals surface area contributed by atoms with Gasteiger partial charge in [-0.05, 0) is 167 Å². The van der Waals surface area contributed by atoms with Gasteiger partial charge in [0.2, 0.25) is 17.7 Å². The quantitative estimate of drug-likeness (QED) is 0.00743. The average molecular weight is 1500 g/mol. The number of carbonyl (C=O) groups is 10. The Morgan fingerprint density at radius 1 is 0.402 bits per heavy atom. The molecule has 24 nitrogen and oxygen atoms in total. The highest BCUT2D eigenvalue weighted by Crippen LogP contribution is 2.47. The molecule has 107 heavy (non-hydrogen) atoms. The molecule has 10 rings (SSSR count). The second kappa shape index (κ2) is 39.6. The number of hydrogen-bond acceptors (Lipinski definition) is 17. The van der Waals surface area contributed by atoms with Gasteiger partial charge in [0.1, 0.15) is 43.0 Å². The van der Waals surface area contributed by atoms with Gasteiger partial charge in [-0.25, -0.2) is 33.8 Å². The summed E-state index contributed by atoms with van der Waals surface area (Å²) in [5, 5.41) is 47.2. The first-order valence-corrected chi connectivity index (χ1v) is 38.5. The number of alkyl carbamates (subject to hydrolysis) is 3. The van der Waals surface area contributed by atoms with Crippen LogP contribution in [0, 0.1) is 0 Å². The molecule has 562 valence electrons. The van der Waals surface area contributed by atoms with E-state index in [2.05, 4.69) is 36.9 Å². The van der Waals surface area contributed by atoms with E-state index in [9.17, 15) is 63.3 Å². The lowest BCUT2D eigenvalue weighted by molar-refractivity contribution is -0.145. The number of aromatic nitrogens is 1. The lowest BCUT2D eigenvalue weighted by Gasteiger charge is -2.35. The van der Waals surface area contributed by atoms with Gasteiger partial charge in [-0.2, -0.15) is 0 Å². The Balaban J connectivity index is 0.723. The third kappa shape index (κ3) is 22.4. The number of nitrogens with zero attached hydrogens (tertiary/aromatic N) is 1. The van der Waals surface area contributed by atoms with E-state index in [0.29, 0.717) is 18.6 Å². The van der Waals surface area contributed by atoms with E-state index >= 15 is 0 Å². The number of esters is 1. The maximum Gasteiger partial charge on any atom is 0.407 e. The van der Waals surface area contributed by atoms with E-state index in [1.807, 2.05) is 158 Å². The number of ether oxygens (including phenoxy) is 4. The number of pyridine rings is 1. The van der Waals surface area contributed by atoms with Crippen LogP contribution < -0.4 is 31.9 Å². The Bertz CT molecular complexity index is 3770. The van der Waals surface area contributed by atoms with Crippen LogP contribution in [-0.2, 0) is 52.5 Å². The molecule has 0 saturated heterocycles. The minimum atomic E-state index is -1.36. The van der Waals surface area contributed by atoms with Crippen molar-refractivity contribution in [3.63, 3.8) is 0 Å². The first kappa shape index (κ1) is 78.8. The third-order valence-electron chi connectivity index (χ3n) is 19.5. The summed E-state index contributed by atoms with van der Waals surface area (Å²) in [5.74, 6) is -6.14. The highest BCUT2D eigenvalue weighted by atomic mass is 33.1. The summed E-state index contributed by atoms with van der Waals surface area (Å²) >= 11 is 0. The summed E-state index contributed by atoms with van der Waals surface area (Å²) in [5.41, 5.74) is 10.9. The largest absolute Gasteiger partial charge is 0.480 e. The third-order valence-corrected chi connectivity index (χ3v) is 21.8. The number of carboxylic acid groups (broad SMARTS) is 3. The number of carboxylic acids is 3. The van der Waals surface area contributed by atoms with Crippen LogP contribution in [0.2, 0.25) is 0 Å². The molecule has 1 heterocycles. The Kier molecular flexibility index (Phi) is 29.2. The van der Waals surface area contributed by atoms with Crippen molar-refractivity contribution in [3.8, 4) is 33.4 Å². The van der Waals surface area contributed by atoms with Crippen LogP contribution in [-0.4, -0.2) is 149 Å². The van der Waals surface area contributed by atoms with Crippen molar-refractivity contribution >= 4 is 81.5 Å². The summed E-state index contributed by atoms with van der Waals surface area (Å²) in [7, 11) is 2.77. The topological polar surface area (TPSA) is 353 Å². The standard InChI is InChI=1S/C81H89N7O17S2/c89-70(82-44-17-13-33-67(75(93)94)85-78(99)103-49-64-58-27-7-1-21-52(58)53-22-2-8-28-59(53)64)37-41-81(88-72(91)40-48-106-107-73-36-15-19-46-84-73,42-38-71(90)83-45-18-14-34-68(76(95)96)86-79(100)104-50-65-60-29-9-3-23-54(60)55-24-4-10-30-61(55)65)43-39-74(92)102-47-20-16-35-69(77(97)98)87-80(101)105-51-66-62-31-11-5-25-56(62)57-26-6-12-32-63(57)66/h1-12,15,19,21-32,36,46,64-69H,13-14,16-18,20,33-35,37-45,47-51H2,(H,82,89)(H,83,90)(H,85,99)(H,86,100)(H,87,101)(H,88,91)(H,93,94)(H,95,96)(H,97,98). The molecule has 0 spiro atoms. The van der Waals surface area contributed by atoms with Gasteiger partial charge in [-0.1, -0.05) is 162 Å². The first-order valence-electron chi connectivity index (χ1n) is 36.2. The van der Waals surface area contributed by atoms with Gasteiger partial charge in [0.05, 0.1) is 6.61 Å². The van der Waals surface area contributed by atoms with Crippen molar-refractivity contribution in [1.29, 1.82) is 0 Å². The van der Waals surface area contributed by atoms with Gasteiger partial charge in [0.25, 0.3) is 0 Å². The molecule has 26 heteroatoms. The minimum Gasteiger partial charge on any atom is -0.480 e. The van der Waals surface area contributed by atoms with E-state index in [0.717, 1.165) is 71.8 Å². The van der Waals surface area contributed by atoms with Crippen LogP contribution in [0.4, 0.5) is 14.4 Å². The van der Waals surface area contributed by atoms with Crippen molar-refractivity contribution in [2.75, 3.05) is 45.3 Å². The fourth-order valence-corrected chi connectivity index (χ4v) is 15.9. The maximum absolute atomic E-state index is 14.1. The van der Waals surface area contributed by atoms with Crippen LogP contribution in [0.15, 0.2) is 175 Å². The van der Waals surface area contributed by atoms with E-state index in [-0.39, 0.29) is 147 Å². The summed E-state index contributed by atoms with van der Waals surface area (Å²) in [6, 6.07) is 48.6. The summed E-state index contributed by atoms with van der Waals surface area (Å²) in [6.45, 7) is 0.0864. The van der Waals surface area contributed by atoms with Gasteiger partial charge in [0.15, 0.2) is 0 Å². The highest BCUT2D eigenvalue weighted by Gasteiger charge is 2.36. The lowest BCUT2D eigenvalue weighted by Crippen LogP contribution is -2.50. The molecule has 3 aliphatic rings. The molecule has 7 aromatic rings. The number of unbranched alkanes of at least 4 members (excludes halogenated alkanes) is 3. The van der Waals surface area contributed by atoms with Crippen LogP contribution in [0.3, 0.4) is 0 Å². The molecule has 6 aromatic carbocycles. The van der Waals surface area contributed by atoms with Crippen LogP contribution in [0.1, 0.15) is 154 Å². The smallest absolute Gasteiger partial charge is 0.407 e.